The number of aromatic amines is 2. The largest absolute Gasteiger partial charge is 0.466 e. The lowest BCUT2D eigenvalue weighted by Crippen LogP contribution is -2.07. The van der Waals surface area contributed by atoms with Crippen molar-refractivity contribution in [3.63, 3.8) is 0 Å². The van der Waals surface area contributed by atoms with Crippen LogP contribution in [0.3, 0.4) is 0 Å². The quantitative estimate of drug-likeness (QED) is 0.130. The van der Waals surface area contributed by atoms with E-state index in [1.807, 2.05) is 0 Å². The van der Waals surface area contributed by atoms with Crippen molar-refractivity contribution in [3.05, 3.63) is 69.3 Å². The van der Waals surface area contributed by atoms with Crippen molar-refractivity contribution in [2.75, 3.05) is 13.2 Å². The molecule has 3 aromatic heterocycles. The first-order valence-corrected chi connectivity index (χ1v) is 18.5. The topological polar surface area (TPSA) is 110 Å². The molecule has 266 valence electrons. The van der Waals surface area contributed by atoms with Crippen molar-refractivity contribution in [2.24, 2.45) is 0 Å². The van der Waals surface area contributed by atoms with Gasteiger partial charge in [-0.25, -0.2) is 9.97 Å². The fourth-order valence-corrected chi connectivity index (χ4v) is 7.01. The van der Waals surface area contributed by atoms with Crippen LogP contribution in [0.15, 0.2) is 24.3 Å². The van der Waals surface area contributed by atoms with Crippen LogP contribution in [0.4, 0.5) is 0 Å². The molecule has 0 aliphatic carbocycles. The van der Waals surface area contributed by atoms with Crippen molar-refractivity contribution in [3.8, 4) is 0 Å². The molecule has 5 rings (SSSR count). The van der Waals surface area contributed by atoms with Crippen molar-refractivity contribution in [2.45, 2.75) is 120 Å². The van der Waals surface area contributed by atoms with Crippen LogP contribution in [0.1, 0.15) is 138 Å². The Hall–Kier alpha value is -4.46. The lowest BCUT2D eigenvalue weighted by Gasteiger charge is -2.07. The fourth-order valence-electron chi connectivity index (χ4n) is 7.01. The Balaban J connectivity index is 1.75. The number of hydrogen-bond acceptors (Lipinski definition) is 6. The molecule has 0 amide bonds. The molecular weight excluding hydrogens is 624 g/mol. The molecule has 0 radical (unpaired) electrons. The second kappa shape index (κ2) is 16.5. The first-order valence-electron chi connectivity index (χ1n) is 18.5. The van der Waals surface area contributed by atoms with Gasteiger partial charge in [0, 0.05) is 34.9 Å². The molecule has 0 aromatic carbocycles. The summed E-state index contributed by atoms with van der Waals surface area (Å²) in [5, 5.41) is 0. The van der Waals surface area contributed by atoms with Crippen molar-refractivity contribution in [1.29, 1.82) is 0 Å². The highest BCUT2D eigenvalue weighted by Crippen LogP contribution is 2.37. The first-order chi connectivity index (χ1) is 24.1. The van der Waals surface area contributed by atoms with Crippen LogP contribution in [0.2, 0.25) is 0 Å². The smallest absolute Gasteiger partial charge is 0.306 e. The zero-order chi connectivity index (χ0) is 35.9. The summed E-state index contributed by atoms with van der Waals surface area (Å²) in [4.78, 5) is 43.2. The lowest BCUT2D eigenvalue weighted by atomic mass is 10.00. The highest BCUT2D eigenvalue weighted by atomic mass is 16.5. The molecule has 2 N–H and O–H groups in total. The molecule has 5 heterocycles. The van der Waals surface area contributed by atoms with Crippen LogP contribution in [-0.4, -0.2) is 45.1 Å². The molecule has 0 unspecified atom stereocenters. The van der Waals surface area contributed by atoms with E-state index >= 15 is 0 Å². The fraction of sp³-hybridized carbons (Fsp3) is 0.476. The highest BCUT2D eigenvalue weighted by Gasteiger charge is 2.21. The normalized spacial score (nSPS) is 13.0. The molecule has 3 aromatic rings. The maximum absolute atomic E-state index is 12.7. The number of esters is 2. The van der Waals surface area contributed by atoms with Gasteiger partial charge in [0.15, 0.2) is 0 Å². The third-order valence-corrected chi connectivity index (χ3v) is 10.2. The first kappa shape index (κ1) is 36.8. The molecule has 8 nitrogen and oxygen atoms in total. The number of rotatable bonds is 14. The number of carbonyl (C=O) groups is 2. The number of H-pyrrole nitrogens is 2. The number of carbonyl (C=O) groups excluding carboxylic acids is 2. The lowest BCUT2D eigenvalue weighted by molar-refractivity contribution is -0.144. The molecule has 8 bridgehead atoms. The molecule has 0 saturated heterocycles. The Bertz CT molecular complexity index is 1990. The van der Waals surface area contributed by atoms with Crippen LogP contribution < -0.4 is 0 Å². The highest BCUT2D eigenvalue weighted by molar-refractivity contribution is 5.95. The van der Waals surface area contributed by atoms with E-state index < -0.39 is 0 Å². The number of aromatic nitrogens is 4. The van der Waals surface area contributed by atoms with E-state index in [1.165, 1.54) is 22.3 Å². The second-order valence-electron chi connectivity index (χ2n) is 13.5. The van der Waals surface area contributed by atoms with Crippen molar-refractivity contribution < 1.29 is 19.1 Å². The van der Waals surface area contributed by atoms with Crippen LogP contribution in [0.25, 0.3) is 44.4 Å². The van der Waals surface area contributed by atoms with Crippen LogP contribution in [0, 0.1) is 13.8 Å². The summed E-state index contributed by atoms with van der Waals surface area (Å²) in [6.07, 6.45) is 7.03. The summed E-state index contributed by atoms with van der Waals surface area (Å²) >= 11 is 0. The van der Waals surface area contributed by atoms with Gasteiger partial charge in [-0.3, -0.25) is 9.59 Å². The van der Waals surface area contributed by atoms with Gasteiger partial charge in [-0.1, -0.05) is 40.5 Å². The van der Waals surface area contributed by atoms with E-state index in [0.29, 0.717) is 26.1 Å². The minimum absolute atomic E-state index is 0.191. The maximum atomic E-state index is 12.7. The van der Waals surface area contributed by atoms with Gasteiger partial charge < -0.3 is 19.4 Å². The minimum Gasteiger partial charge on any atom is -0.466 e. The van der Waals surface area contributed by atoms with Crippen molar-refractivity contribution >= 4 is 56.3 Å². The summed E-state index contributed by atoms with van der Waals surface area (Å²) in [6.45, 7) is 17.9. The summed E-state index contributed by atoms with van der Waals surface area (Å²) in [5.41, 5.74) is 16.6. The van der Waals surface area contributed by atoms with Crippen molar-refractivity contribution in [1.82, 2.24) is 19.9 Å². The number of ether oxygens (including phenoxy) is 2. The summed E-state index contributed by atoms with van der Waals surface area (Å²) in [5.74, 6) is -0.385. The van der Waals surface area contributed by atoms with Gasteiger partial charge in [-0.05, 0) is 135 Å². The monoisotopic (exact) mass is 678 g/mol. The maximum Gasteiger partial charge on any atom is 0.306 e. The predicted molar refractivity (Wildman–Crippen MR) is 204 cm³/mol. The Kier molecular flexibility index (Phi) is 12.1. The number of nitrogens with one attached hydrogen (secondary N) is 2. The Labute approximate surface area is 296 Å². The molecule has 0 saturated carbocycles. The Morgan fingerprint density at radius 2 is 1.04 bits per heavy atom. The van der Waals surface area contributed by atoms with Gasteiger partial charge in [-0.2, -0.15) is 0 Å². The van der Waals surface area contributed by atoms with E-state index in [4.69, 9.17) is 19.4 Å². The summed E-state index contributed by atoms with van der Waals surface area (Å²) < 4.78 is 11.0. The molecule has 0 spiro atoms. The molecular formula is C42H54N4O4. The van der Waals surface area contributed by atoms with E-state index in [1.54, 1.807) is 0 Å². The molecule has 2 aliphatic rings. The van der Waals surface area contributed by atoms with E-state index in [2.05, 4.69) is 89.6 Å². The SMILES string of the molecule is CCCCOC(=O)CCC1=C(C)c2cc3[nH]c(cc4nc(cc5[nH]c(cc1n2)c(CCC(=O)OCCCC)c5C)C(CC)=C4C)c(CC)c3C. The Morgan fingerprint density at radius 1 is 0.580 bits per heavy atom. The number of nitrogens with zero attached hydrogens (tertiary/aromatic N) is 2. The molecule has 2 aliphatic heterocycles. The van der Waals surface area contributed by atoms with E-state index in [0.717, 1.165) is 106 Å². The molecule has 50 heavy (non-hydrogen) atoms. The average Bonchev–Trinajstić information content (AvgIpc) is 3.75. The molecule has 0 fully saturated rings. The average molecular weight is 679 g/mol. The number of unbranched alkanes of at least 4 members (excludes halogenated alkanes) is 2. The molecule has 8 heteroatoms. The Morgan fingerprint density at radius 3 is 1.60 bits per heavy atom. The zero-order valence-electron chi connectivity index (χ0n) is 31.3. The zero-order valence-corrected chi connectivity index (χ0v) is 31.3. The van der Waals surface area contributed by atoms with E-state index in [9.17, 15) is 9.59 Å². The third-order valence-electron chi connectivity index (χ3n) is 10.2. The number of hydrogen-bond donors (Lipinski definition) is 2. The summed E-state index contributed by atoms with van der Waals surface area (Å²) in [6, 6.07) is 8.55. The van der Waals surface area contributed by atoms with Crippen LogP contribution >= 0.6 is 0 Å². The van der Waals surface area contributed by atoms with Crippen LogP contribution in [-0.2, 0) is 31.9 Å². The van der Waals surface area contributed by atoms with Gasteiger partial charge in [0.1, 0.15) is 0 Å². The molecule has 0 atom stereocenters. The number of aryl methyl sites for hydroxylation is 4. The standard InChI is InChI=1S/C42H54N4O4/c1-9-13-19-49-41(47)17-15-31-27(7)34-21-33-25(5)29(11-3)37(43-33)22-35-26(6)30(12-4)38(44-35)23-36-28(8)32(40(46-36)24-39(31)45-34)16-18-42(48)50-20-14-10-2/h21-24,43,46H,9-20H2,1-8H3. The van der Waals surface area contributed by atoms with Gasteiger partial charge in [0.2, 0.25) is 0 Å². The predicted octanol–water partition coefficient (Wildman–Crippen LogP) is 10.2. The number of allylic oxidation sites excluding steroid dienone is 4. The number of fused-ring (bicyclic) bond motifs is 8. The van der Waals surface area contributed by atoms with Gasteiger partial charge in [0.25, 0.3) is 0 Å². The third kappa shape index (κ3) is 7.95. The summed E-state index contributed by atoms with van der Waals surface area (Å²) in [7, 11) is 0. The van der Waals surface area contributed by atoms with Gasteiger partial charge >= 0.3 is 11.9 Å². The van der Waals surface area contributed by atoms with Gasteiger partial charge in [-0.15, -0.1) is 0 Å². The second-order valence-corrected chi connectivity index (χ2v) is 13.5. The van der Waals surface area contributed by atoms with Crippen LogP contribution in [0.5, 0.6) is 0 Å². The van der Waals surface area contributed by atoms with Gasteiger partial charge in [0.05, 0.1) is 36.0 Å². The minimum atomic E-state index is -0.194. The van der Waals surface area contributed by atoms with E-state index in [-0.39, 0.29) is 24.8 Å².